The first-order valence-electron chi connectivity index (χ1n) is 10.6. The molecule has 2 fully saturated rings. The first-order chi connectivity index (χ1) is 15.7. The van der Waals surface area contributed by atoms with Gasteiger partial charge in [-0.05, 0) is 36.6 Å². The van der Waals surface area contributed by atoms with Crippen LogP contribution in [-0.2, 0) is 14.9 Å². The minimum atomic E-state index is -1.75. The quantitative estimate of drug-likeness (QED) is 0.586. The monoisotopic (exact) mass is 494 g/mol. The number of carboxylic acid groups (broad SMARTS) is 1. The summed E-state index contributed by atoms with van der Waals surface area (Å²) in [5.74, 6) is -4.12. The second kappa shape index (κ2) is 8.84. The number of carboxylic acids is 1. The van der Waals surface area contributed by atoms with Gasteiger partial charge in [0.15, 0.2) is 0 Å². The van der Waals surface area contributed by atoms with Gasteiger partial charge in [0.05, 0.1) is 24.3 Å². The highest BCUT2D eigenvalue weighted by Crippen LogP contribution is 2.53. The van der Waals surface area contributed by atoms with Crippen molar-refractivity contribution in [3.63, 3.8) is 0 Å². The van der Waals surface area contributed by atoms with Crippen molar-refractivity contribution in [2.75, 3.05) is 13.2 Å². The van der Waals surface area contributed by atoms with E-state index < -0.39 is 41.0 Å². The van der Waals surface area contributed by atoms with Crippen LogP contribution < -0.4 is 5.32 Å². The Morgan fingerprint density at radius 2 is 2.03 bits per heavy atom. The number of ether oxygens (including phenoxy) is 1. The summed E-state index contributed by atoms with van der Waals surface area (Å²) in [6, 6.07) is 8.19. The highest BCUT2D eigenvalue weighted by molar-refractivity contribution is 6.31. The minimum Gasteiger partial charge on any atom is -0.480 e. The van der Waals surface area contributed by atoms with Crippen LogP contribution >= 0.6 is 23.2 Å². The smallest absolute Gasteiger partial charge is 0.321 e. The van der Waals surface area contributed by atoms with Gasteiger partial charge in [0.1, 0.15) is 23.1 Å². The Kier molecular flexibility index (Phi) is 6.41. The predicted molar refractivity (Wildman–Crippen MR) is 119 cm³/mol. The van der Waals surface area contributed by atoms with Crippen LogP contribution in [0, 0.1) is 28.4 Å². The van der Waals surface area contributed by atoms with Gasteiger partial charge in [-0.3, -0.25) is 10.1 Å². The Hall–Kier alpha value is -2.24. The Balaban J connectivity index is 1.99. The summed E-state index contributed by atoms with van der Waals surface area (Å²) in [5, 5.41) is 23.6. The molecule has 2 aromatic rings. The third-order valence-electron chi connectivity index (χ3n) is 7.10. The van der Waals surface area contributed by atoms with Crippen LogP contribution in [0.1, 0.15) is 36.8 Å². The Labute approximate surface area is 200 Å². The largest absolute Gasteiger partial charge is 0.480 e. The fourth-order valence-corrected chi connectivity index (χ4v) is 5.56. The molecule has 0 aliphatic carbocycles. The lowest BCUT2D eigenvalue weighted by molar-refractivity contribution is -0.139. The zero-order valence-corrected chi connectivity index (χ0v) is 19.3. The second-order valence-corrected chi connectivity index (χ2v) is 9.65. The molecule has 4 rings (SSSR count). The lowest BCUT2D eigenvalue weighted by atomic mass is 9.61. The average molecular weight is 495 g/mol. The van der Waals surface area contributed by atoms with Crippen molar-refractivity contribution in [3.8, 4) is 6.07 Å². The molecule has 33 heavy (non-hydrogen) atoms. The van der Waals surface area contributed by atoms with E-state index in [4.69, 9.17) is 27.9 Å². The molecule has 0 radical (unpaired) electrons. The molecule has 174 valence electrons. The SMILES string of the molecule is CCC1(C[C@@H]2N[C@@H](C(=O)O)[C@H](c3cccc(Cl)c3F)[C@@]2(C#N)c2ccc(Cl)cc2F)COC1. The minimum absolute atomic E-state index is 0.0356. The van der Waals surface area contributed by atoms with E-state index in [1.807, 2.05) is 6.92 Å². The third-order valence-corrected chi connectivity index (χ3v) is 7.63. The van der Waals surface area contributed by atoms with E-state index in [1.165, 1.54) is 30.3 Å². The van der Waals surface area contributed by atoms with Gasteiger partial charge in [-0.1, -0.05) is 48.3 Å². The van der Waals surface area contributed by atoms with E-state index in [0.717, 1.165) is 12.5 Å². The molecule has 0 saturated carbocycles. The topological polar surface area (TPSA) is 82.4 Å². The molecule has 0 amide bonds. The molecule has 2 aliphatic rings. The number of nitriles is 1. The molecular formula is C24H22Cl2F2N2O3. The predicted octanol–water partition coefficient (Wildman–Crippen LogP) is 5.06. The maximum atomic E-state index is 15.4. The average Bonchev–Trinajstić information content (AvgIpc) is 3.07. The summed E-state index contributed by atoms with van der Waals surface area (Å²) >= 11 is 12.0. The van der Waals surface area contributed by atoms with E-state index in [-0.39, 0.29) is 26.6 Å². The summed E-state index contributed by atoms with van der Waals surface area (Å²) < 4.78 is 36.0. The van der Waals surface area contributed by atoms with Crippen molar-refractivity contribution in [2.45, 2.75) is 43.2 Å². The highest BCUT2D eigenvalue weighted by atomic mass is 35.5. The summed E-state index contributed by atoms with van der Waals surface area (Å²) in [6.45, 7) is 2.87. The standard InChI is InChI=1S/C24H22Cl2F2N2O3/c1-2-23(11-33-12-23)9-18-24(10-29,15-7-6-13(25)8-17(15)27)19(21(30-18)22(31)32)14-4-3-5-16(26)20(14)28/h3-8,18-19,21,30H,2,9,11-12H2,1H3,(H,31,32)/t18-,19-,21+,24-/m0/s1. The molecule has 4 atom stereocenters. The van der Waals surface area contributed by atoms with Crippen molar-refractivity contribution in [2.24, 2.45) is 5.41 Å². The number of benzene rings is 2. The Morgan fingerprint density at radius 3 is 2.58 bits per heavy atom. The fourth-order valence-electron chi connectivity index (χ4n) is 5.22. The zero-order chi connectivity index (χ0) is 24.0. The number of nitrogens with zero attached hydrogens (tertiary/aromatic N) is 1. The first kappa shape index (κ1) is 23.9. The Morgan fingerprint density at radius 1 is 1.30 bits per heavy atom. The van der Waals surface area contributed by atoms with Gasteiger partial charge in [0.25, 0.3) is 0 Å². The number of rotatable bonds is 6. The van der Waals surface area contributed by atoms with E-state index in [1.54, 1.807) is 0 Å². The molecule has 0 aromatic heterocycles. The zero-order valence-electron chi connectivity index (χ0n) is 17.7. The van der Waals surface area contributed by atoms with Crippen LogP contribution in [0.5, 0.6) is 0 Å². The van der Waals surface area contributed by atoms with E-state index in [0.29, 0.717) is 19.6 Å². The molecule has 2 heterocycles. The van der Waals surface area contributed by atoms with Gasteiger partial charge >= 0.3 is 5.97 Å². The van der Waals surface area contributed by atoms with Crippen molar-refractivity contribution in [1.82, 2.24) is 5.32 Å². The number of hydrogen-bond donors (Lipinski definition) is 2. The van der Waals surface area contributed by atoms with Crippen molar-refractivity contribution in [3.05, 3.63) is 69.2 Å². The number of aliphatic carboxylic acids is 1. The molecule has 2 N–H and O–H groups in total. The van der Waals surface area contributed by atoms with Crippen molar-refractivity contribution < 1.29 is 23.4 Å². The first-order valence-corrected chi connectivity index (χ1v) is 11.3. The third kappa shape index (κ3) is 3.79. The molecule has 0 bridgehead atoms. The lowest BCUT2D eigenvalue weighted by Crippen LogP contribution is -2.51. The van der Waals surface area contributed by atoms with Crippen LogP contribution in [0.4, 0.5) is 8.78 Å². The summed E-state index contributed by atoms with van der Waals surface area (Å²) in [5.41, 5.74) is -2.14. The van der Waals surface area contributed by atoms with Gasteiger partial charge in [0, 0.05) is 28.0 Å². The molecular weight excluding hydrogens is 473 g/mol. The van der Waals surface area contributed by atoms with Crippen molar-refractivity contribution >= 4 is 29.2 Å². The van der Waals surface area contributed by atoms with Crippen LogP contribution in [0.2, 0.25) is 10.0 Å². The van der Waals surface area contributed by atoms with E-state index in [2.05, 4.69) is 11.4 Å². The van der Waals surface area contributed by atoms with Gasteiger partial charge in [-0.15, -0.1) is 0 Å². The van der Waals surface area contributed by atoms with Crippen LogP contribution in [0.15, 0.2) is 36.4 Å². The highest BCUT2D eigenvalue weighted by Gasteiger charge is 2.62. The molecule has 2 aliphatic heterocycles. The Bertz CT molecular complexity index is 1130. The van der Waals surface area contributed by atoms with Gasteiger partial charge < -0.3 is 9.84 Å². The lowest BCUT2D eigenvalue weighted by Gasteiger charge is -2.45. The van der Waals surface area contributed by atoms with Gasteiger partial charge in [-0.25, -0.2) is 8.78 Å². The van der Waals surface area contributed by atoms with E-state index in [9.17, 15) is 15.2 Å². The summed E-state index contributed by atoms with van der Waals surface area (Å²) in [7, 11) is 0. The van der Waals surface area contributed by atoms with Crippen LogP contribution in [-0.4, -0.2) is 36.4 Å². The molecule has 0 unspecified atom stereocenters. The van der Waals surface area contributed by atoms with Gasteiger partial charge in [-0.2, -0.15) is 5.26 Å². The van der Waals surface area contributed by atoms with Gasteiger partial charge in [0.2, 0.25) is 0 Å². The molecule has 5 nitrogen and oxygen atoms in total. The number of nitrogens with one attached hydrogen (secondary N) is 1. The fraction of sp³-hybridized carbons (Fsp3) is 0.417. The normalized spacial score (nSPS) is 28.2. The number of halogens is 4. The van der Waals surface area contributed by atoms with Crippen LogP contribution in [0.3, 0.4) is 0 Å². The van der Waals surface area contributed by atoms with Crippen molar-refractivity contribution in [1.29, 1.82) is 5.26 Å². The van der Waals surface area contributed by atoms with E-state index >= 15 is 8.78 Å². The number of hydrogen-bond acceptors (Lipinski definition) is 4. The van der Waals surface area contributed by atoms with Crippen LogP contribution in [0.25, 0.3) is 0 Å². The molecule has 0 spiro atoms. The number of carbonyl (C=O) groups is 1. The summed E-state index contributed by atoms with van der Waals surface area (Å²) in [4.78, 5) is 12.4. The summed E-state index contributed by atoms with van der Waals surface area (Å²) in [6.07, 6.45) is 1.07. The second-order valence-electron chi connectivity index (χ2n) is 8.81. The molecule has 9 heteroatoms. The molecule has 2 aromatic carbocycles. The maximum absolute atomic E-state index is 15.4. The molecule has 2 saturated heterocycles. The maximum Gasteiger partial charge on any atom is 0.321 e.